The van der Waals surface area contributed by atoms with E-state index in [4.69, 9.17) is 4.74 Å². The number of hydrogen-bond donors (Lipinski definition) is 1. The van der Waals surface area contributed by atoms with E-state index in [9.17, 15) is 9.59 Å². The van der Waals surface area contributed by atoms with Crippen molar-refractivity contribution in [2.75, 3.05) is 44.2 Å². The molecule has 132 valence electrons. The smallest absolute Gasteiger partial charge is 0.409 e. The van der Waals surface area contributed by atoms with Crippen LogP contribution in [0, 0.1) is 5.92 Å². The molecule has 0 atom stereocenters. The molecule has 1 saturated heterocycles. The van der Waals surface area contributed by atoms with Crippen molar-refractivity contribution in [3.63, 3.8) is 0 Å². The van der Waals surface area contributed by atoms with Crippen molar-refractivity contribution in [1.82, 2.24) is 15.2 Å². The summed E-state index contributed by atoms with van der Waals surface area (Å²) in [5.74, 6) is 0.296. The van der Waals surface area contributed by atoms with Gasteiger partial charge in [-0.05, 0) is 18.9 Å². The minimum Gasteiger partial charge on any atom is -0.450 e. The maximum Gasteiger partial charge on any atom is 0.409 e. The van der Waals surface area contributed by atoms with Crippen LogP contribution in [0.5, 0.6) is 0 Å². The average molecular weight is 334 g/mol. The highest BCUT2D eigenvalue weighted by Crippen LogP contribution is 2.17. The molecule has 1 aliphatic heterocycles. The maximum atomic E-state index is 12.2. The van der Waals surface area contributed by atoms with Crippen LogP contribution in [0.15, 0.2) is 18.5 Å². The quantitative estimate of drug-likeness (QED) is 0.888. The van der Waals surface area contributed by atoms with Crippen LogP contribution in [-0.2, 0) is 4.74 Å². The van der Waals surface area contributed by atoms with Crippen LogP contribution in [0.3, 0.4) is 0 Å². The number of piperazine rings is 1. The summed E-state index contributed by atoms with van der Waals surface area (Å²) in [6, 6.07) is 1.85. The summed E-state index contributed by atoms with van der Waals surface area (Å²) in [7, 11) is 0. The number of carbonyl (C=O) groups excluding carboxylic acids is 2. The van der Waals surface area contributed by atoms with Gasteiger partial charge in [-0.3, -0.25) is 9.78 Å². The van der Waals surface area contributed by atoms with Crippen LogP contribution in [0.1, 0.15) is 31.1 Å². The van der Waals surface area contributed by atoms with Crippen LogP contribution in [0.25, 0.3) is 0 Å². The first kappa shape index (κ1) is 18.0. The standard InChI is InChI=1S/C17H26N4O3/c1-4-24-17(23)21-7-5-20(6-8-21)15-9-14(11-18-12-15)16(22)19-10-13(2)3/h9,11-13H,4-8,10H2,1-3H3,(H,19,22). The Balaban J connectivity index is 1.95. The Labute approximate surface area is 143 Å². The van der Waals surface area contributed by atoms with E-state index < -0.39 is 0 Å². The molecule has 7 nitrogen and oxygen atoms in total. The number of carbonyl (C=O) groups is 2. The fourth-order valence-electron chi connectivity index (χ4n) is 2.49. The first-order valence-electron chi connectivity index (χ1n) is 8.41. The van der Waals surface area contributed by atoms with Gasteiger partial charge in [-0.1, -0.05) is 13.8 Å². The first-order valence-corrected chi connectivity index (χ1v) is 8.41. The third-order valence-corrected chi connectivity index (χ3v) is 3.83. The third-order valence-electron chi connectivity index (χ3n) is 3.83. The predicted octanol–water partition coefficient (Wildman–Crippen LogP) is 1.75. The lowest BCUT2D eigenvalue weighted by molar-refractivity contribution is 0.0948. The molecule has 2 heterocycles. The van der Waals surface area contributed by atoms with Crippen molar-refractivity contribution in [3.05, 3.63) is 24.0 Å². The fourth-order valence-corrected chi connectivity index (χ4v) is 2.49. The zero-order valence-corrected chi connectivity index (χ0v) is 14.6. The van der Waals surface area contributed by atoms with E-state index in [0.717, 1.165) is 5.69 Å². The second-order valence-electron chi connectivity index (χ2n) is 6.21. The molecular formula is C17H26N4O3. The minimum atomic E-state index is -0.267. The number of hydrogen-bond acceptors (Lipinski definition) is 5. The van der Waals surface area contributed by atoms with Crippen LogP contribution >= 0.6 is 0 Å². The Morgan fingerprint density at radius 2 is 1.96 bits per heavy atom. The average Bonchev–Trinajstić information content (AvgIpc) is 2.60. The summed E-state index contributed by atoms with van der Waals surface area (Å²) >= 11 is 0. The largest absolute Gasteiger partial charge is 0.450 e. The van der Waals surface area contributed by atoms with Gasteiger partial charge in [0.05, 0.1) is 24.1 Å². The number of rotatable bonds is 5. The number of pyridine rings is 1. The highest BCUT2D eigenvalue weighted by atomic mass is 16.6. The lowest BCUT2D eigenvalue weighted by Crippen LogP contribution is -2.49. The van der Waals surface area contributed by atoms with E-state index in [1.54, 1.807) is 24.2 Å². The van der Waals surface area contributed by atoms with Crippen molar-refractivity contribution in [1.29, 1.82) is 0 Å². The SMILES string of the molecule is CCOC(=O)N1CCN(c2cncc(C(=O)NCC(C)C)c2)CC1. The number of anilines is 1. The molecule has 1 aromatic heterocycles. The Hall–Kier alpha value is -2.31. The Morgan fingerprint density at radius 1 is 1.25 bits per heavy atom. The molecule has 0 spiro atoms. The second-order valence-corrected chi connectivity index (χ2v) is 6.21. The van der Waals surface area contributed by atoms with Crippen LogP contribution in [-0.4, -0.2) is 61.2 Å². The molecule has 2 amide bonds. The van der Waals surface area contributed by atoms with Gasteiger partial charge in [0.15, 0.2) is 0 Å². The molecule has 0 aromatic carbocycles. The fraction of sp³-hybridized carbons (Fsp3) is 0.588. The summed E-state index contributed by atoms with van der Waals surface area (Å²) < 4.78 is 5.02. The van der Waals surface area contributed by atoms with Gasteiger partial charge in [-0.25, -0.2) is 4.79 Å². The van der Waals surface area contributed by atoms with Crippen molar-refractivity contribution < 1.29 is 14.3 Å². The van der Waals surface area contributed by atoms with Gasteiger partial charge in [0.25, 0.3) is 5.91 Å². The molecule has 1 N–H and O–H groups in total. The van der Waals surface area contributed by atoms with Gasteiger partial charge in [0.2, 0.25) is 0 Å². The topological polar surface area (TPSA) is 74.8 Å². The Kier molecular flexibility index (Phi) is 6.40. The van der Waals surface area contributed by atoms with Crippen molar-refractivity contribution in [3.8, 4) is 0 Å². The number of amides is 2. The van der Waals surface area contributed by atoms with E-state index in [-0.39, 0.29) is 12.0 Å². The molecule has 24 heavy (non-hydrogen) atoms. The number of nitrogens with zero attached hydrogens (tertiary/aromatic N) is 3. The predicted molar refractivity (Wildman–Crippen MR) is 92.2 cm³/mol. The monoisotopic (exact) mass is 334 g/mol. The van der Waals surface area contributed by atoms with Crippen LogP contribution in [0.4, 0.5) is 10.5 Å². The lowest BCUT2D eigenvalue weighted by atomic mass is 10.2. The third kappa shape index (κ3) is 4.84. The molecule has 7 heteroatoms. The van der Waals surface area contributed by atoms with E-state index in [1.807, 2.05) is 6.07 Å². The lowest BCUT2D eigenvalue weighted by Gasteiger charge is -2.35. The maximum absolute atomic E-state index is 12.2. The van der Waals surface area contributed by atoms with Gasteiger partial charge in [0, 0.05) is 38.9 Å². The molecule has 0 saturated carbocycles. The summed E-state index contributed by atoms with van der Waals surface area (Å²) in [6.45, 7) is 9.52. The van der Waals surface area contributed by atoms with Crippen LogP contribution < -0.4 is 10.2 Å². The molecule has 2 rings (SSSR count). The molecule has 0 unspecified atom stereocenters. The van der Waals surface area contributed by atoms with Gasteiger partial charge in [0.1, 0.15) is 0 Å². The molecule has 0 aliphatic carbocycles. The Morgan fingerprint density at radius 3 is 2.58 bits per heavy atom. The molecule has 1 fully saturated rings. The summed E-state index contributed by atoms with van der Waals surface area (Å²) in [6.07, 6.45) is 3.06. The number of nitrogens with one attached hydrogen (secondary N) is 1. The van der Waals surface area contributed by atoms with E-state index in [2.05, 4.69) is 29.0 Å². The summed E-state index contributed by atoms with van der Waals surface area (Å²) in [5.41, 5.74) is 1.46. The van der Waals surface area contributed by atoms with Gasteiger partial charge >= 0.3 is 6.09 Å². The molecular weight excluding hydrogens is 308 g/mol. The summed E-state index contributed by atoms with van der Waals surface area (Å²) in [5, 5.41) is 2.90. The zero-order valence-electron chi connectivity index (χ0n) is 14.6. The van der Waals surface area contributed by atoms with Crippen molar-refractivity contribution in [2.45, 2.75) is 20.8 Å². The summed E-state index contributed by atoms with van der Waals surface area (Å²) in [4.78, 5) is 31.9. The molecule has 1 aromatic rings. The van der Waals surface area contributed by atoms with E-state index >= 15 is 0 Å². The second kappa shape index (κ2) is 8.52. The Bertz CT molecular complexity index is 569. The van der Waals surface area contributed by atoms with Gasteiger partial charge in [-0.15, -0.1) is 0 Å². The first-order chi connectivity index (χ1) is 11.5. The van der Waals surface area contributed by atoms with Gasteiger partial charge in [-0.2, -0.15) is 0 Å². The normalized spacial score (nSPS) is 14.7. The highest BCUT2D eigenvalue weighted by Gasteiger charge is 2.22. The van der Waals surface area contributed by atoms with Crippen molar-refractivity contribution in [2.24, 2.45) is 5.92 Å². The van der Waals surface area contributed by atoms with E-state index in [0.29, 0.717) is 50.8 Å². The minimum absolute atomic E-state index is 0.108. The zero-order chi connectivity index (χ0) is 17.5. The molecule has 0 bridgehead atoms. The van der Waals surface area contributed by atoms with Gasteiger partial charge < -0.3 is 19.9 Å². The van der Waals surface area contributed by atoms with Crippen molar-refractivity contribution >= 4 is 17.7 Å². The van der Waals surface area contributed by atoms with E-state index in [1.165, 1.54) is 0 Å². The molecule has 1 aliphatic rings. The van der Waals surface area contributed by atoms with Crippen LogP contribution in [0.2, 0.25) is 0 Å². The number of aromatic nitrogens is 1. The number of ether oxygens (including phenoxy) is 1. The molecule has 0 radical (unpaired) electrons. The highest BCUT2D eigenvalue weighted by molar-refractivity contribution is 5.94.